The van der Waals surface area contributed by atoms with E-state index in [1.807, 2.05) is 0 Å². The molecule has 0 aliphatic rings. The summed E-state index contributed by atoms with van der Waals surface area (Å²) >= 11 is 0. The zero-order chi connectivity index (χ0) is 17.6. The SMILES string of the molecule is CCCCCCCCCC[CH]OCCCCCCCCCCCC. The van der Waals surface area contributed by atoms with Gasteiger partial charge in [-0.05, 0) is 12.8 Å². The molecule has 0 saturated heterocycles. The molecule has 0 bridgehead atoms. The Bertz CT molecular complexity index is 180. The van der Waals surface area contributed by atoms with E-state index in [1.54, 1.807) is 0 Å². The second kappa shape index (κ2) is 23.0. The van der Waals surface area contributed by atoms with Crippen LogP contribution < -0.4 is 0 Å². The molecule has 0 unspecified atom stereocenters. The second-order valence-corrected chi connectivity index (χ2v) is 7.48. The summed E-state index contributed by atoms with van der Waals surface area (Å²) in [6.45, 7) is 7.57. The van der Waals surface area contributed by atoms with Crippen LogP contribution in [0.2, 0.25) is 0 Å². The minimum absolute atomic E-state index is 0.938. The van der Waals surface area contributed by atoms with E-state index >= 15 is 0 Å². The lowest BCUT2D eigenvalue weighted by molar-refractivity contribution is 0.183. The lowest BCUT2D eigenvalue weighted by Gasteiger charge is -2.05. The highest BCUT2D eigenvalue weighted by Crippen LogP contribution is 2.12. The Morgan fingerprint density at radius 3 is 1.29 bits per heavy atom. The molecule has 24 heavy (non-hydrogen) atoms. The van der Waals surface area contributed by atoms with Crippen molar-refractivity contribution in [2.24, 2.45) is 0 Å². The summed E-state index contributed by atoms with van der Waals surface area (Å²) in [7, 11) is 0. The quantitative estimate of drug-likeness (QED) is 0.190. The summed E-state index contributed by atoms with van der Waals surface area (Å²) < 4.78 is 5.64. The van der Waals surface area contributed by atoms with Crippen LogP contribution >= 0.6 is 0 Å². The third kappa shape index (κ3) is 22.0. The number of rotatable bonds is 21. The van der Waals surface area contributed by atoms with Crippen LogP contribution in [0.3, 0.4) is 0 Å². The first-order chi connectivity index (χ1) is 11.9. The van der Waals surface area contributed by atoms with Crippen LogP contribution in [0, 0.1) is 6.61 Å². The highest BCUT2D eigenvalue weighted by molar-refractivity contribution is 4.54. The number of ether oxygens (including phenoxy) is 1. The molecule has 0 aliphatic carbocycles. The van der Waals surface area contributed by atoms with Crippen LogP contribution in [-0.4, -0.2) is 6.61 Å². The third-order valence-electron chi connectivity index (χ3n) is 4.91. The van der Waals surface area contributed by atoms with E-state index in [0.717, 1.165) is 13.0 Å². The molecule has 0 aromatic heterocycles. The Hall–Kier alpha value is -0.0400. The van der Waals surface area contributed by atoms with Gasteiger partial charge in [-0.25, -0.2) is 0 Å². The fourth-order valence-corrected chi connectivity index (χ4v) is 3.20. The van der Waals surface area contributed by atoms with Crippen molar-refractivity contribution in [3.05, 3.63) is 6.61 Å². The molecule has 0 rings (SSSR count). The summed E-state index contributed by atoms with van der Waals surface area (Å²) in [6, 6.07) is 0. The largest absolute Gasteiger partial charge is 0.376 e. The van der Waals surface area contributed by atoms with E-state index in [2.05, 4.69) is 20.5 Å². The lowest BCUT2D eigenvalue weighted by Crippen LogP contribution is -1.92. The average molecular weight is 340 g/mol. The van der Waals surface area contributed by atoms with Gasteiger partial charge >= 0.3 is 0 Å². The molecule has 0 aromatic rings. The van der Waals surface area contributed by atoms with Gasteiger partial charge in [-0.3, -0.25) is 0 Å². The predicted molar refractivity (Wildman–Crippen MR) is 109 cm³/mol. The minimum atomic E-state index is 0.938. The zero-order valence-electron chi connectivity index (χ0n) is 17.1. The molecule has 0 aromatic carbocycles. The Kier molecular flexibility index (Phi) is 22.9. The van der Waals surface area contributed by atoms with Gasteiger partial charge in [-0.15, -0.1) is 0 Å². The van der Waals surface area contributed by atoms with Crippen molar-refractivity contribution in [3.8, 4) is 0 Å². The van der Waals surface area contributed by atoms with Gasteiger partial charge in [-0.1, -0.05) is 123 Å². The highest BCUT2D eigenvalue weighted by atomic mass is 16.5. The van der Waals surface area contributed by atoms with Crippen molar-refractivity contribution in [1.82, 2.24) is 0 Å². The number of hydrogen-bond donors (Lipinski definition) is 0. The Morgan fingerprint density at radius 2 is 0.833 bits per heavy atom. The van der Waals surface area contributed by atoms with Gasteiger partial charge in [0.1, 0.15) is 0 Å². The molecule has 145 valence electrons. The van der Waals surface area contributed by atoms with Crippen molar-refractivity contribution in [2.45, 2.75) is 136 Å². The molecular weight excluding hydrogens is 292 g/mol. The van der Waals surface area contributed by atoms with Gasteiger partial charge in [-0.2, -0.15) is 0 Å². The molecule has 0 amide bonds. The van der Waals surface area contributed by atoms with Gasteiger partial charge < -0.3 is 4.74 Å². The van der Waals surface area contributed by atoms with Crippen LogP contribution in [0.4, 0.5) is 0 Å². The Labute approximate surface area is 154 Å². The van der Waals surface area contributed by atoms with E-state index in [0.29, 0.717) is 0 Å². The molecule has 0 fully saturated rings. The monoisotopic (exact) mass is 339 g/mol. The van der Waals surface area contributed by atoms with Crippen LogP contribution in [0.15, 0.2) is 0 Å². The molecule has 0 atom stereocenters. The molecule has 0 aliphatic heterocycles. The molecule has 1 heteroatoms. The summed E-state index contributed by atoms with van der Waals surface area (Å²) in [6.07, 6.45) is 26.3. The van der Waals surface area contributed by atoms with Crippen molar-refractivity contribution >= 4 is 0 Å². The van der Waals surface area contributed by atoms with E-state index < -0.39 is 0 Å². The van der Waals surface area contributed by atoms with Crippen molar-refractivity contribution < 1.29 is 4.74 Å². The predicted octanol–water partition coefficient (Wildman–Crippen LogP) is 8.62. The van der Waals surface area contributed by atoms with E-state index in [1.165, 1.54) is 116 Å². The van der Waals surface area contributed by atoms with Crippen LogP contribution in [-0.2, 0) is 4.74 Å². The van der Waals surface area contributed by atoms with Gasteiger partial charge in [0.05, 0.1) is 6.61 Å². The van der Waals surface area contributed by atoms with E-state index in [-0.39, 0.29) is 0 Å². The number of hydrogen-bond acceptors (Lipinski definition) is 1. The fraction of sp³-hybridized carbons (Fsp3) is 0.957. The topological polar surface area (TPSA) is 9.23 Å². The van der Waals surface area contributed by atoms with Gasteiger partial charge in [0.2, 0.25) is 0 Å². The third-order valence-corrected chi connectivity index (χ3v) is 4.91. The summed E-state index contributed by atoms with van der Waals surface area (Å²) in [5.74, 6) is 0. The molecule has 0 saturated carbocycles. The van der Waals surface area contributed by atoms with Gasteiger partial charge in [0.25, 0.3) is 0 Å². The molecule has 0 heterocycles. The molecular formula is C23H47O. The highest BCUT2D eigenvalue weighted by Gasteiger charge is 1.95. The zero-order valence-corrected chi connectivity index (χ0v) is 17.1. The maximum Gasteiger partial charge on any atom is 0.0836 e. The smallest absolute Gasteiger partial charge is 0.0836 e. The summed E-state index contributed by atoms with van der Waals surface area (Å²) in [4.78, 5) is 0. The van der Waals surface area contributed by atoms with Crippen LogP contribution in [0.1, 0.15) is 136 Å². The molecule has 1 radical (unpaired) electrons. The van der Waals surface area contributed by atoms with Crippen molar-refractivity contribution in [1.29, 1.82) is 0 Å². The summed E-state index contributed by atoms with van der Waals surface area (Å²) in [5, 5.41) is 0. The van der Waals surface area contributed by atoms with Gasteiger partial charge in [0, 0.05) is 6.61 Å². The van der Waals surface area contributed by atoms with E-state index in [4.69, 9.17) is 4.74 Å². The standard InChI is InChI=1S/C23H47O/c1-3-5-7-9-11-13-15-17-19-21-23-24-22-20-18-16-14-12-10-8-6-4-2/h22H,3-21,23H2,1-2H3. The molecule has 0 spiro atoms. The normalized spacial score (nSPS) is 11.2. The fourth-order valence-electron chi connectivity index (χ4n) is 3.20. The molecule has 0 N–H and O–H groups in total. The minimum Gasteiger partial charge on any atom is -0.376 e. The Balaban J connectivity index is 2.93. The van der Waals surface area contributed by atoms with Gasteiger partial charge in [0.15, 0.2) is 0 Å². The van der Waals surface area contributed by atoms with Crippen LogP contribution in [0.25, 0.3) is 0 Å². The van der Waals surface area contributed by atoms with E-state index in [9.17, 15) is 0 Å². The van der Waals surface area contributed by atoms with Crippen LogP contribution in [0.5, 0.6) is 0 Å². The maximum absolute atomic E-state index is 5.64. The van der Waals surface area contributed by atoms with Crippen molar-refractivity contribution in [2.75, 3.05) is 6.61 Å². The number of unbranched alkanes of at least 4 members (excludes halogenated alkanes) is 17. The first-order valence-corrected chi connectivity index (χ1v) is 11.3. The first kappa shape index (κ1) is 24.0. The average Bonchev–Trinajstić information content (AvgIpc) is 2.60. The second-order valence-electron chi connectivity index (χ2n) is 7.48. The molecule has 1 nitrogen and oxygen atoms in total. The summed E-state index contributed by atoms with van der Waals surface area (Å²) in [5.41, 5.74) is 0. The Morgan fingerprint density at radius 1 is 0.458 bits per heavy atom. The van der Waals surface area contributed by atoms with Crippen molar-refractivity contribution in [3.63, 3.8) is 0 Å². The first-order valence-electron chi connectivity index (χ1n) is 11.3. The maximum atomic E-state index is 5.64. The lowest BCUT2D eigenvalue weighted by atomic mass is 10.1.